The first-order valence-corrected chi connectivity index (χ1v) is 4.98. The van der Waals surface area contributed by atoms with Gasteiger partial charge in [0.25, 0.3) is 0 Å². The van der Waals surface area contributed by atoms with Crippen molar-refractivity contribution in [1.29, 1.82) is 0 Å². The average molecular weight is 236 g/mol. The van der Waals surface area contributed by atoms with Gasteiger partial charge in [-0.1, -0.05) is 0 Å². The molecule has 6 heteroatoms. The Morgan fingerprint density at radius 2 is 2.41 bits per heavy atom. The number of fused-ring (bicyclic) bond motifs is 1. The summed E-state index contributed by atoms with van der Waals surface area (Å²) in [5, 5.41) is 0. The average Bonchev–Trinajstić information content (AvgIpc) is 2.69. The van der Waals surface area contributed by atoms with Crippen molar-refractivity contribution < 1.29 is 18.7 Å². The maximum atomic E-state index is 13.4. The Labute approximate surface area is 95.8 Å². The van der Waals surface area contributed by atoms with Gasteiger partial charge < -0.3 is 4.74 Å². The molecule has 2 rings (SSSR count). The number of aldehydes is 1. The molecule has 17 heavy (non-hydrogen) atoms. The van der Waals surface area contributed by atoms with Crippen molar-refractivity contribution >= 4 is 17.9 Å². The molecule has 0 amide bonds. The lowest BCUT2D eigenvalue weighted by atomic mass is 10.3. The molecule has 0 unspecified atom stereocenters. The summed E-state index contributed by atoms with van der Waals surface area (Å²) in [6.45, 7) is 1.79. The number of ether oxygens (including phenoxy) is 1. The van der Waals surface area contributed by atoms with Gasteiger partial charge in [0.1, 0.15) is 5.69 Å². The minimum atomic E-state index is -0.738. The van der Waals surface area contributed by atoms with E-state index in [2.05, 4.69) is 4.98 Å². The maximum Gasteiger partial charge on any atom is 0.359 e. The second-order valence-corrected chi connectivity index (χ2v) is 3.23. The first-order chi connectivity index (χ1) is 8.19. The van der Waals surface area contributed by atoms with Crippen molar-refractivity contribution in [2.24, 2.45) is 0 Å². The van der Waals surface area contributed by atoms with Crippen LogP contribution in [-0.4, -0.2) is 28.2 Å². The van der Waals surface area contributed by atoms with Crippen LogP contribution in [0.1, 0.15) is 27.9 Å². The predicted molar refractivity (Wildman–Crippen MR) is 56.5 cm³/mol. The van der Waals surface area contributed by atoms with Crippen molar-refractivity contribution in [3.63, 3.8) is 0 Å². The Kier molecular flexibility index (Phi) is 2.86. The summed E-state index contributed by atoms with van der Waals surface area (Å²) >= 11 is 0. The van der Waals surface area contributed by atoms with Crippen molar-refractivity contribution in [2.75, 3.05) is 6.61 Å². The van der Waals surface area contributed by atoms with E-state index in [4.69, 9.17) is 4.74 Å². The second-order valence-electron chi connectivity index (χ2n) is 3.23. The number of pyridine rings is 1. The summed E-state index contributed by atoms with van der Waals surface area (Å²) < 4.78 is 19.4. The molecule has 2 aromatic rings. The fourth-order valence-electron chi connectivity index (χ4n) is 1.51. The summed E-state index contributed by atoms with van der Waals surface area (Å²) in [6, 6.07) is 2.62. The molecular weight excluding hydrogens is 227 g/mol. The maximum absolute atomic E-state index is 13.4. The lowest BCUT2D eigenvalue weighted by molar-refractivity contribution is 0.0518. The van der Waals surface area contributed by atoms with Crippen molar-refractivity contribution in [3.05, 3.63) is 35.5 Å². The quantitative estimate of drug-likeness (QED) is 0.598. The number of hydrogen-bond acceptors (Lipinski definition) is 4. The highest BCUT2D eigenvalue weighted by atomic mass is 19.1. The highest BCUT2D eigenvalue weighted by Gasteiger charge is 2.20. The van der Waals surface area contributed by atoms with Crippen LogP contribution in [-0.2, 0) is 4.74 Å². The van der Waals surface area contributed by atoms with Crippen LogP contribution in [0, 0.1) is 5.82 Å². The second kappa shape index (κ2) is 4.32. The van der Waals surface area contributed by atoms with Crippen molar-refractivity contribution in [2.45, 2.75) is 6.92 Å². The molecule has 0 radical (unpaired) electrons. The Hall–Kier alpha value is -2.24. The van der Waals surface area contributed by atoms with Gasteiger partial charge >= 0.3 is 5.97 Å². The van der Waals surface area contributed by atoms with E-state index >= 15 is 0 Å². The smallest absolute Gasteiger partial charge is 0.359 e. The number of hydrogen-bond donors (Lipinski definition) is 0. The minimum Gasteiger partial charge on any atom is -0.461 e. The molecule has 5 nitrogen and oxygen atoms in total. The van der Waals surface area contributed by atoms with E-state index in [-0.39, 0.29) is 23.6 Å². The molecule has 0 aliphatic carbocycles. The van der Waals surface area contributed by atoms with Crippen LogP contribution in [0.5, 0.6) is 0 Å². The zero-order valence-corrected chi connectivity index (χ0v) is 9.01. The molecule has 0 saturated carbocycles. The number of aromatic nitrogens is 2. The Morgan fingerprint density at radius 3 is 3.06 bits per heavy atom. The Balaban J connectivity index is 2.68. The number of nitrogens with zero attached hydrogens (tertiary/aromatic N) is 2. The van der Waals surface area contributed by atoms with E-state index in [0.29, 0.717) is 6.29 Å². The fourth-order valence-corrected chi connectivity index (χ4v) is 1.51. The number of carbonyl (C=O) groups excluding carboxylic acids is 2. The normalized spacial score (nSPS) is 10.5. The fraction of sp³-hybridized carbons (Fsp3) is 0.182. The van der Waals surface area contributed by atoms with E-state index in [1.165, 1.54) is 22.7 Å². The van der Waals surface area contributed by atoms with E-state index in [9.17, 15) is 14.0 Å². The standard InChI is InChI=1S/C11H9FN2O3/c1-2-17-11(16)9-8(6-15)14-5-3-4-7(12)10(14)13-9/h3-6H,2H2,1H3. The van der Waals surface area contributed by atoms with Gasteiger partial charge in [0, 0.05) is 6.20 Å². The third-order valence-corrected chi connectivity index (χ3v) is 2.22. The number of carbonyl (C=O) groups is 2. The van der Waals surface area contributed by atoms with Crippen LogP contribution in [0.25, 0.3) is 5.65 Å². The third kappa shape index (κ3) is 1.77. The molecule has 0 spiro atoms. The van der Waals surface area contributed by atoms with E-state index in [1.807, 2.05) is 0 Å². The molecule has 0 aliphatic heterocycles. The molecular formula is C11H9FN2O3. The van der Waals surface area contributed by atoms with Gasteiger partial charge in [-0.25, -0.2) is 14.2 Å². The molecule has 2 heterocycles. The lowest BCUT2D eigenvalue weighted by Gasteiger charge is -1.98. The van der Waals surface area contributed by atoms with Gasteiger partial charge in [-0.3, -0.25) is 9.20 Å². The van der Waals surface area contributed by atoms with Crippen molar-refractivity contribution in [3.8, 4) is 0 Å². The zero-order chi connectivity index (χ0) is 12.4. The van der Waals surface area contributed by atoms with Crippen LogP contribution < -0.4 is 0 Å². The van der Waals surface area contributed by atoms with E-state index in [0.717, 1.165) is 0 Å². The molecule has 0 N–H and O–H groups in total. The van der Waals surface area contributed by atoms with Crippen molar-refractivity contribution in [1.82, 2.24) is 9.38 Å². The molecule has 0 bridgehead atoms. The van der Waals surface area contributed by atoms with Crippen LogP contribution in [0.15, 0.2) is 18.3 Å². The van der Waals surface area contributed by atoms with E-state index in [1.54, 1.807) is 6.92 Å². The molecule has 0 atom stereocenters. The summed E-state index contributed by atoms with van der Waals surface area (Å²) in [5.74, 6) is -1.34. The molecule has 2 aromatic heterocycles. The summed E-state index contributed by atoms with van der Waals surface area (Å²) in [4.78, 5) is 26.2. The number of imidazole rings is 1. The van der Waals surface area contributed by atoms with Gasteiger partial charge in [0.15, 0.2) is 23.4 Å². The Bertz CT molecular complexity index is 592. The highest BCUT2D eigenvalue weighted by Crippen LogP contribution is 2.14. The SMILES string of the molecule is CCOC(=O)c1nc2c(F)cccn2c1C=O. The largest absolute Gasteiger partial charge is 0.461 e. The lowest BCUT2D eigenvalue weighted by Crippen LogP contribution is -2.08. The molecule has 0 aliphatic rings. The van der Waals surface area contributed by atoms with Gasteiger partial charge in [0.2, 0.25) is 0 Å². The number of esters is 1. The Morgan fingerprint density at radius 1 is 1.65 bits per heavy atom. The first kappa shape index (κ1) is 11.3. The molecule has 0 fully saturated rings. The summed E-state index contributed by atoms with van der Waals surface area (Å²) in [7, 11) is 0. The number of rotatable bonds is 3. The van der Waals surface area contributed by atoms with Gasteiger partial charge in [-0.05, 0) is 19.1 Å². The summed E-state index contributed by atoms with van der Waals surface area (Å²) in [6.07, 6.45) is 1.91. The van der Waals surface area contributed by atoms with Crippen LogP contribution in [0.2, 0.25) is 0 Å². The monoisotopic (exact) mass is 236 g/mol. The van der Waals surface area contributed by atoms with Crippen LogP contribution in [0.3, 0.4) is 0 Å². The molecule has 0 saturated heterocycles. The number of halogens is 1. The minimum absolute atomic E-state index is 0.0158. The van der Waals surface area contributed by atoms with Gasteiger partial charge in [0.05, 0.1) is 6.61 Å². The topological polar surface area (TPSA) is 60.7 Å². The summed E-state index contributed by atoms with van der Waals surface area (Å²) in [5.41, 5.74) is -0.262. The van der Waals surface area contributed by atoms with Crippen LogP contribution in [0.4, 0.5) is 4.39 Å². The highest BCUT2D eigenvalue weighted by molar-refractivity contribution is 5.96. The zero-order valence-electron chi connectivity index (χ0n) is 9.01. The van der Waals surface area contributed by atoms with E-state index < -0.39 is 11.8 Å². The third-order valence-electron chi connectivity index (χ3n) is 2.22. The molecule has 88 valence electrons. The molecule has 0 aromatic carbocycles. The van der Waals surface area contributed by atoms with Gasteiger partial charge in [-0.15, -0.1) is 0 Å². The predicted octanol–water partition coefficient (Wildman–Crippen LogP) is 1.46. The van der Waals surface area contributed by atoms with Crippen LogP contribution >= 0.6 is 0 Å². The first-order valence-electron chi connectivity index (χ1n) is 4.98. The van der Waals surface area contributed by atoms with Gasteiger partial charge in [-0.2, -0.15) is 0 Å².